The minimum absolute atomic E-state index is 0. The van der Waals surface area contributed by atoms with Crippen molar-refractivity contribution >= 4 is 35.8 Å². The van der Waals surface area contributed by atoms with Crippen LogP contribution in [0.1, 0.15) is 31.2 Å². The summed E-state index contributed by atoms with van der Waals surface area (Å²) in [4.78, 5) is 26.1. The van der Waals surface area contributed by atoms with Gasteiger partial charge in [0.1, 0.15) is 0 Å². The number of carbonyl (C=O) groups excluding carboxylic acids is 2. The molecule has 1 unspecified atom stereocenters. The summed E-state index contributed by atoms with van der Waals surface area (Å²) in [6, 6.07) is 7.42. The van der Waals surface area contributed by atoms with Gasteiger partial charge in [-0.25, -0.2) is 0 Å². The highest BCUT2D eigenvalue weighted by molar-refractivity contribution is 6.30. The average Bonchev–Trinajstić information content (AvgIpc) is 2.55. The zero-order valence-electron chi connectivity index (χ0n) is 13.7. The van der Waals surface area contributed by atoms with E-state index >= 15 is 0 Å². The van der Waals surface area contributed by atoms with E-state index in [9.17, 15) is 9.59 Å². The molecular formula is C17H25Cl2N3O2. The predicted octanol–water partition coefficient (Wildman–Crippen LogP) is 2.15. The van der Waals surface area contributed by atoms with Crippen LogP contribution in [0.2, 0.25) is 5.02 Å². The summed E-state index contributed by atoms with van der Waals surface area (Å²) in [5.74, 6) is 0.0493. The fourth-order valence-electron chi connectivity index (χ4n) is 2.87. The number of carbonyl (C=O) groups is 2. The number of hydrogen-bond acceptors (Lipinski definition) is 3. The minimum Gasteiger partial charge on any atom is -0.354 e. The fourth-order valence-corrected chi connectivity index (χ4v) is 3.00. The number of benzene rings is 1. The zero-order valence-corrected chi connectivity index (χ0v) is 15.2. The van der Waals surface area contributed by atoms with Crippen LogP contribution in [0.3, 0.4) is 0 Å². The number of nitrogens with zero attached hydrogens (tertiary/aromatic N) is 1. The van der Waals surface area contributed by atoms with Crippen LogP contribution in [0, 0.1) is 0 Å². The Kier molecular flexibility index (Phi) is 9.11. The van der Waals surface area contributed by atoms with Gasteiger partial charge in [-0.2, -0.15) is 0 Å². The maximum absolute atomic E-state index is 12.6. The summed E-state index contributed by atoms with van der Waals surface area (Å²) in [6.07, 6.45) is 3.72. The molecule has 1 aliphatic rings. The molecule has 0 radical (unpaired) electrons. The van der Waals surface area contributed by atoms with Gasteiger partial charge in [-0.15, -0.1) is 12.4 Å². The van der Waals surface area contributed by atoms with E-state index in [0.717, 1.165) is 31.4 Å². The molecule has 0 saturated carbocycles. The molecule has 0 aliphatic carbocycles. The van der Waals surface area contributed by atoms with Gasteiger partial charge in [-0.1, -0.05) is 23.7 Å². The number of rotatable bonds is 6. The number of nitrogens with two attached hydrogens (primary N) is 1. The van der Waals surface area contributed by atoms with E-state index in [1.807, 2.05) is 17.0 Å². The Hall–Kier alpha value is -1.30. The van der Waals surface area contributed by atoms with Gasteiger partial charge in [0.15, 0.2) is 0 Å². The van der Waals surface area contributed by atoms with E-state index < -0.39 is 0 Å². The Bertz CT molecular complexity index is 537. The van der Waals surface area contributed by atoms with Gasteiger partial charge >= 0.3 is 0 Å². The molecule has 1 aromatic rings. The second-order valence-corrected chi connectivity index (χ2v) is 6.32. The summed E-state index contributed by atoms with van der Waals surface area (Å²) in [6.45, 7) is 1.60. The molecule has 3 N–H and O–H groups in total. The van der Waals surface area contributed by atoms with Crippen LogP contribution in [0.15, 0.2) is 24.3 Å². The lowest BCUT2D eigenvalue weighted by molar-refractivity contribution is -0.134. The summed E-state index contributed by atoms with van der Waals surface area (Å²) in [7, 11) is 0. The minimum atomic E-state index is -0.0526. The molecule has 1 aromatic carbocycles. The van der Waals surface area contributed by atoms with Crippen LogP contribution in [-0.4, -0.2) is 42.4 Å². The van der Waals surface area contributed by atoms with Gasteiger partial charge in [0.2, 0.25) is 11.8 Å². The topological polar surface area (TPSA) is 75.4 Å². The van der Waals surface area contributed by atoms with E-state index in [0.29, 0.717) is 31.0 Å². The quantitative estimate of drug-likeness (QED) is 0.801. The maximum Gasteiger partial charge on any atom is 0.227 e. The second-order valence-electron chi connectivity index (χ2n) is 5.88. The van der Waals surface area contributed by atoms with E-state index in [1.54, 1.807) is 12.1 Å². The molecule has 24 heavy (non-hydrogen) atoms. The Labute approximate surface area is 154 Å². The molecule has 134 valence electrons. The number of nitrogens with one attached hydrogen (secondary N) is 1. The van der Waals surface area contributed by atoms with Crippen molar-refractivity contribution in [3.8, 4) is 0 Å². The van der Waals surface area contributed by atoms with Crippen molar-refractivity contribution < 1.29 is 9.59 Å². The highest BCUT2D eigenvalue weighted by Gasteiger charge is 2.26. The molecule has 0 bridgehead atoms. The third-order valence-corrected chi connectivity index (χ3v) is 4.37. The summed E-state index contributed by atoms with van der Waals surface area (Å²) in [5.41, 5.74) is 6.33. The highest BCUT2D eigenvalue weighted by Crippen LogP contribution is 2.18. The number of likely N-dealkylation sites (tertiary alicyclic amines) is 1. The lowest BCUT2D eigenvalue weighted by Gasteiger charge is -2.36. The summed E-state index contributed by atoms with van der Waals surface area (Å²) in [5, 5.41) is 3.55. The monoisotopic (exact) mass is 373 g/mol. The zero-order chi connectivity index (χ0) is 16.7. The maximum atomic E-state index is 12.6. The van der Waals surface area contributed by atoms with Crippen LogP contribution >= 0.6 is 24.0 Å². The first-order chi connectivity index (χ1) is 11.1. The fraction of sp³-hybridized carbons (Fsp3) is 0.529. The van der Waals surface area contributed by atoms with Crippen LogP contribution in [0.5, 0.6) is 0 Å². The molecule has 2 amide bonds. The van der Waals surface area contributed by atoms with Crippen molar-refractivity contribution in [3.05, 3.63) is 34.9 Å². The molecule has 7 heteroatoms. The van der Waals surface area contributed by atoms with E-state index in [4.69, 9.17) is 17.3 Å². The number of hydrogen-bond donors (Lipinski definition) is 2. The first kappa shape index (κ1) is 20.7. The van der Waals surface area contributed by atoms with Crippen molar-refractivity contribution in [2.45, 2.75) is 38.1 Å². The van der Waals surface area contributed by atoms with Gasteiger partial charge in [-0.3, -0.25) is 9.59 Å². The third kappa shape index (κ3) is 6.30. The molecule has 1 atom stereocenters. The number of piperidine rings is 1. The lowest BCUT2D eigenvalue weighted by Crippen LogP contribution is -2.50. The van der Waals surface area contributed by atoms with Crippen LogP contribution in [0.4, 0.5) is 0 Å². The molecule has 0 aromatic heterocycles. The SMILES string of the molecule is Cl.NCCC(=O)NCC1CCCCN1C(=O)Cc1ccc(Cl)cc1. The molecule has 1 heterocycles. The molecular weight excluding hydrogens is 349 g/mol. The Morgan fingerprint density at radius 2 is 1.96 bits per heavy atom. The first-order valence-corrected chi connectivity index (χ1v) is 8.48. The Morgan fingerprint density at radius 1 is 1.25 bits per heavy atom. The average molecular weight is 374 g/mol. The molecule has 1 saturated heterocycles. The summed E-state index contributed by atoms with van der Waals surface area (Å²) >= 11 is 5.87. The lowest BCUT2D eigenvalue weighted by atomic mass is 10.0. The molecule has 0 spiro atoms. The van der Waals surface area contributed by atoms with Crippen LogP contribution in [0.25, 0.3) is 0 Å². The molecule has 1 aliphatic heterocycles. The van der Waals surface area contributed by atoms with Crippen LogP contribution < -0.4 is 11.1 Å². The third-order valence-electron chi connectivity index (χ3n) is 4.12. The Morgan fingerprint density at radius 3 is 2.62 bits per heavy atom. The number of amides is 2. The van der Waals surface area contributed by atoms with E-state index in [2.05, 4.69) is 5.32 Å². The predicted molar refractivity (Wildman–Crippen MR) is 98.4 cm³/mol. The standard InChI is InChI=1S/C17H24ClN3O2.ClH/c18-14-6-4-13(5-7-14)11-17(23)21-10-2-1-3-15(21)12-20-16(22)8-9-19;/h4-7,15H,1-3,8-12,19H2,(H,20,22);1H. The highest BCUT2D eigenvalue weighted by atomic mass is 35.5. The van der Waals surface area contributed by atoms with Crippen molar-refractivity contribution in [1.82, 2.24) is 10.2 Å². The Balaban J connectivity index is 0.00000288. The first-order valence-electron chi connectivity index (χ1n) is 8.11. The smallest absolute Gasteiger partial charge is 0.227 e. The van der Waals surface area contributed by atoms with Gasteiger partial charge in [0, 0.05) is 37.1 Å². The molecule has 2 rings (SSSR count). The van der Waals surface area contributed by atoms with E-state index in [-0.39, 0.29) is 30.3 Å². The van der Waals surface area contributed by atoms with Crippen molar-refractivity contribution in [2.75, 3.05) is 19.6 Å². The largest absolute Gasteiger partial charge is 0.354 e. The van der Waals surface area contributed by atoms with Gasteiger partial charge in [0.25, 0.3) is 0 Å². The van der Waals surface area contributed by atoms with Crippen molar-refractivity contribution in [2.24, 2.45) is 5.73 Å². The van der Waals surface area contributed by atoms with Gasteiger partial charge in [-0.05, 0) is 37.0 Å². The second kappa shape index (κ2) is 10.5. The van der Waals surface area contributed by atoms with Gasteiger partial charge in [0.05, 0.1) is 6.42 Å². The summed E-state index contributed by atoms with van der Waals surface area (Å²) < 4.78 is 0. The molecule has 1 fully saturated rings. The number of halogens is 2. The van der Waals surface area contributed by atoms with Gasteiger partial charge < -0.3 is 16.0 Å². The molecule has 5 nitrogen and oxygen atoms in total. The van der Waals surface area contributed by atoms with Crippen molar-refractivity contribution in [1.29, 1.82) is 0 Å². The van der Waals surface area contributed by atoms with Crippen molar-refractivity contribution in [3.63, 3.8) is 0 Å². The van der Waals surface area contributed by atoms with E-state index in [1.165, 1.54) is 0 Å². The van der Waals surface area contributed by atoms with Crippen LogP contribution in [-0.2, 0) is 16.0 Å². The normalized spacial score (nSPS) is 17.1.